The van der Waals surface area contributed by atoms with E-state index < -0.39 is 56.4 Å². The first-order valence-corrected chi connectivity index (χ1v) is 12.7. The number of hydrogen-bond donors (Lipinski definition) is 2. The number of aliphatic hydroxyl groups excluding tert-OH is 1. The van der Waals surface area contributed by atoms with Crippen molar-refractivity contribution < 1.29 is 26.7 Å². The van der Waals surface area contributed by atoms with Crippen LogP contribution in [0.25, 0.3) is 28.0 Å². The van der Waals surface area contributed by atoms with Gasteiger partial charge < -0.3 is 10.4 Å². The van der Waals surface area contributed by atoms with E-state index >= 15 is 0 Å². The molecule has 36 heavy (non-hydrogen) atoms. The molecule has 8 nitrogen and oxygen atoms in total. The average molecular weight is 517 g/mol. The van der Waals surface area contributed by atoms with Crippen molar-refractivity contribution in [1.82, 2.24) is 14.5 Å². The summed E-state index contributed by atoms with van der Waals surface area (Å²) in [5.41, 5.74) is -0.451. The Hall–Kier alpha value is -3.77. The van der Waals surface area contributed by atoms with Gasteiger partial charge in [0.1, 0.15) is 23.1 Å². The average Bonchev–Trinajstić information content (AvgIpc) is 3.05. The number of para-hydroxylation sites is 1. The van der Waals surface area contributed by atoms with E-state index in [2.05, 4.69) is 15.3 Å². The van der Waals surface area contributed by atoms with Crippen molar-refractivity contribution in [3.05, 3.63) is 81.9 Å². The van der Waals surface area contributed by atoms with Crippen molar-refractivity contribution in [1.29, 1.82) is 0 Å². The van der Waals surface area contributed by atoms with Crippen molar-refractivity contribution in [2.45, 2.75) is 19.1 Å². The van der Waals surface area contributed by atoms with Gasteiger partial charge >= 0.3 is 0 Å². The Labute approximate surface area is 203 Å². The van der Waals surface area contributed by atoms with Crippen LogP contribution < -0.4 is 10.9 Å². The highest BCUT2D eigenvalue weighted by molar-refractivity contribution is 7.91. The molecular formula is C24H19F3N4O4S. The van der Waals surface area contributed by atoms with E-state index in [4.69, 9.17) is 0 Å². The molecule has 2 atom stereocenters. The number of hydrogen-bond acceptors (Lipinski definition) is 7. The maximum absolute atomic E-state index is 14.7. The first kappa shape index (κ1) is 23.9. The molecule has 0 bridgehead atoms. The van der Waals surface area contributed by atoms with Gasteiger partial charge in [-0.2, -0.15) is 4.98 Å². The molecule has 2 N–H and O–H groups in total. The fourth-order valence-electron chi connectivity index (χ4n) is 4.33. The Morgan fingerprint density at radius 3 is 2.39 bits per heavy atom. The number of aryl methyl sites for hydroxylation is 1. The molecule has 2 aromatic heterocycles. The molecule has 12 heteroatoms. The fraction of sp³-hybridized carbons (Fsp3) is 0.208. The minimum absolute atomic E-state index is 0.168. The lowest BCUT2D eigenvalue weighted by Gasteiger charge is -2.19. The molecule has 0 amide bonds. The van der Waals surface area contributed by atoms with E-state index in [0.29, 0.717) is 11.1 Å². The molecule has 1 fully saturated rings. The van der Waals surface area contributed by atoms with Gasteiger partial charge in [0.2, 0.25) is 5.95 Å². The molecule has 4 aromatic rings. The minimum Gasteiger partial charge on any atom is -0.390 e. The summed E-state index contributed by atoms with van der Waals surface area (Å²) in [5.74, 6) is -3.52. The molecular weight excluding hydrogens is 497 g/mol. The van der Waals surface area contributed by atoms with Crippen molar-refractivity contribution in [2.75, 3.05) is 16.8 Å². The number of nitrogens with one attached hydrogen (secondary N) is 1. The van der Waals surface area contributed by atoms with Crippen LogP contribution in [0, 0.1) is 24.4 Å². The number of fused-ring (bicyclic) bond motifs is 1. The lowest BCUT2D eigenvalue weighted by molar-refractivity contribution is 0.190. The Balaban J connectivity index is 1.81. The number of aromatic nitrogens is 3. The zero-order valence-electron chi connectivity index (χ0n) is 18.7. The van der Waals surface area contributed by atoms with E-state index in [1.54, 1.807) is 6.92 Å². The number of benzene rings is 2. The lowest BCUT2D eigenvalue weighted by Crippen LogP contribution is -2.33. The summed E-state index contributed by atoms with van der Waals surface area (Å²) in [6, 6.07) is 8.64. The van der Waals surface area contributed by atoms with Crippen LogP contribution in [0.1, 0.15) is 5.56 Å². The van der Waals surface area contributed by atoms with Crippen LogP contribution in [-0.2, 0) is 9.84 Å². The Morgan fingerprint density at radius 1 is 1.03 bits per heavy atom. The van der Waals surface area contributed by atoms with Crippen molar-refractivity contribution >= 4 is 26.8 Å². The van der Waals surface area contributed by atoms with E-state index in [9.17, 15) is 31.5 Å². The van der Waals surface area contributed by atoms with E-state index in [1.165, 1.54) is 24.3 Å². The molecule has 5 rings (SSSR count). The Bertz CT molecular complexity index is 1670. The Kier molecular flexibility index (Phi) is 5.80. The molecule has 2 aromatic carbocycles. The maximum atomic E-state index is 14.7. The molecule has 186 valence electrons. The van der Waals surface area contributed by atoms with Crippen molar-refractivity contribution in [3.63, 3.8) is 0 Å². The van der Waals surface area contributed by atoms with Gasteiger partial charge in [-0.25, -0.2) is 26.6 Å². The minimum atomic E-state index is -3.51. The van der Waals surface area contributed by atoms with E-state index in [0.717, 1.165) is 28.8 Å². The van der Waals surface area contributed by atoms with Gasteiger partial charge in [-0.05, 0) is 48.9 Å². The first-order valence-electron chi connectivity index (χ1n) is 10.8. The van der Waals surface area contributed by atoms with Crippen LogP contribution in [-0.4, -0.2) is 51.7 Å². The molecule has 1 saturated heterocycles. The Morgan fingerprint density at radius 2 is 1.75 bits per heavy atom. The van der Waals surface area contributed by atoms with Crippen LogP contribution in [0.5, 0.6) is 0 Å². The van der Waals surface area contributed by atoms with Crippen LogP contribution >= 0.6 is 0 Å². The highest BCUT2D eigenvalue weighted by Gasteiger charge is 2.37. The third-order valence-corrected chi connectivity index (χ3v) is 7.71. The van der Waals surface area contributed by atoms with Gasteiger partial charge in [-0.1, -0.05) is 6.07 Å². The summed E-state index contributed by atoms with van der Waals surface area (Å²) in [5, 5.41) is 13.2. The van der Waals surface area contributed by atoms with Gasteiger partial charge in [0.25, 0.3) is 5.56 Å². The lowest BCUT2D eigenvalue weighted by atomic mass is 10.0. The summed E-state index contributed by atoms with van der Waals surface area (Å²) in [6.07, 6.45) is -1.24. The summed E-state index contributed by atoms with van der Waals surface area (Å²) in [7, 11) is -3.51. The quantitative estimate of drug-likeness (QED) is 0.429. The topological polar surface area (TPSA) is 114 Å². The fourth-order valence-corrected chi connectivity index (χ4v) is 6.07. The number of sulfone groups is 1. The van der Waals surface area contributed by atoms with Crippen LogP contribution in [0.3, 0.4) is 0 Å². The van der Waals surface area contributed by atoms with Crippen LogP contribution in [0.4, 0.5) is 19.1 Å². The van der Waals surface area contributed by atoms with Crippen molar-refractivity contribution in [2.24, 2.45) is 0 Å². The second-order valence-corrected chi connectivity index (χ2v) is 10.7. The SMILES string of the molecule is Cc1cc(F)ccc1-c1nc(N[C@@H]2CS(=O)(=O)C[C@H]2O)nc2c1ccc(=O)n2-c1c(F)cccc1F. The normalized spacial score (nSPS) is 19.0. The molecule has 3 heterocycles. The smallest absolute Gasteiger partial charge is 0.256 e. The van der Waals surface area contributed by atoms with E-state index in [1.807, 2.05) is 0 Å². The summed E-state index contributed by atoms with van der Waals surface area (Å²) in [4.78, 5) is 21.6. The highest BCUT2D eigenvalue weighted by Crippen LogP contribution is 2.31. The molecule has 0 saturated carbocycles. The van der Waals surface area contributed by atoms with Crippen molar-refractivity contribution in [3.8, 4) is 16.9 Å². The van der Waals surface area contributed by atoms with Crippen LogP contribution in [0.15, 0.2) is 53.3 Å². The third-order valence-electron chi connectivity index (χ3n) is 5.99. The zero-order chi connectivity index (χ0) is 25.8. The molecule has 0 radical (unpaired) electrons. The largest absolute Gasteiger partial charge is 0.390 e. The second-order valence-electron chi connectivity index (χ2n) is 8.56. The van der Waals surface area contributed by atoms with Gasteiger partial charge in [0.15, 0.2) is 15.5 Å². The predicted molar refractivity (Wildman–Crippen MR) is 127 cm³/mol. The number of pyridine rings is 1. The van der Waals surface area contributed by atoms with Gasteiger partial charge in [0, 0.05) is 17.0 Å². The number of nitrogens with zero attached hydrogens (tertiary/aromatic N) is 3. The third kappa shape index (κ3) is 4.22. The number of halogens is 3. The summed E-state index contributed by atoms with van der Waals surface area (Å²) >= 11 is 0. The predicted octanol–water partition coefficient (Wildman–Crippen LogP) is 2.74. The summed E-state index contributed by atoms with van der Waals surface area (Å²) in [6.45, 7) is 1.64. The monoisotopic (exact) mass is 516 g/mol. The molecule has 0 spiro atoms. The number of aliphatic hydroxyl groups is 1. The number of anilines is 1. The van der Waals surface area contributed by atoms with E-state index in [-0.39, 0.29) is 28.4 Å². The van der Waals surface area contributed by atoms with Gasteiger partial charge in [-0.3, -0.25) is 9.36 Å². The molecule has 1 aliphatic rings. The molecule has 1 aliphatic heterocycles. The highest BCUT2D eigenvalue weighted by atomic mass is 32.2. The summed E-state index contributed by atoms with van der Waals surface area (Å²) < 4.78 is 68.0. The second kappa shape index (κ2) is 8.71. The first-order chi connectivity index (χ1) is 17.0. The molecule has 0 aliphatic carbocycles. The van der Waals surface area contributed by atoms with Gasteiger partial charge in [0.05, 0.1) is 29.3 Å². The van der Waals surface area contributed by atoms with Gasteiger partial charge in [-0.15, -0.1) is 0 Å². The van der Waals surface area contributed by atoms with Crippen LogP contribution in [0.2, 0.25) is 0 Å². The standard InChI is InChI=1S/C24H19F3N4O4S/c1-12-9-13(25)5-6-14(12)21-15-7-8-20(33)31(22-16(26)3-2-4-17(22)27)23(15)30-24(29-21)28-18-10-36(34,35)11-19(18)32/h2-9,18-19,32H,10-11H2,1H3,(H,28,29,30)/t18-,19-/m1/s1. The zero-order valence-corrected chi connectivity index (χ0v) is 19.6. The number of rotatable bonds is 4. The maximum Gasteiger partial charge on any atom is 0.256 e. The molecule has 0 unspecified atom stereocenters.